The number of ether oxygens (including phenoxy) is 2. The van der Waals surface area contributed by atoms with Crippen molar-refractivity contribution in [2.75, 3.05) is 12.4 Å². The van der Waals surface area contributed by atoms with Gasteiger partial charge in [0, 0.05) is 18.2 Å². The van der Waals surface area contributed by atoms with Crippen LogP contribution in [0, 0.1) is 0 Å². The summed E-state index contributed by atoms with van der Waals surface area (Å²) in [4.78, 5) is 19.9. The maximum Gasteiger partial charge on any atom is 0.320 e. The van der Waals surface area contributed by atoms with E-state index in [0.29, 0.717) is 18.1 Å². The Labute approximate surface area is 199 Å². The molecule has 34 heavy (non-hydrogen) atoms. The van der Waals surface area contributed by atoms with Gasteiger partial charge in [0.25, 0.3) is 0 Å². The van der Waals surface area contributed by atoms with E-state index >= 15 is 0 Å². The topological polar surface area (TPSA) is 120 Å². The van der Waals surface area contributed by atoms with Crippen molar-refractivity contribution in [3.63, 3.8) is 0 Å². The minimum atomic E-state index is -1.03. The number of carboxylic acids is 1. The molecule has 2 aromatic carbocycles. The zero-order valence-corrected chi connectivity index (χ0v) is 19.2. The molecule has 1 heterocycles. The highest BCUT2D eigenvalue weighted by molar-refractivity contribution is 5.75. The number of anilines is 1. The van der Waals surface area contributed by atoms with E-state index in [1.165, 1.54) is 19.2 Å². The summed E-state index contributed by atoms with van der Waals surface area (Å²) >= 11 is 0. The Morgan fingerprint density at radius 2 is 1.94 bits per heavy atom. The monoisotopic (exact) mass is 462 g/mol. The maximum absolute atomic E-state index is 11.2. The summed E-state index contributed by atoms with van der Waals surface area (Å²) in [6, 6.07) is 14.3. The lowest BCUT2D eigenvalue weighted by Gasteiger charge is -2.17. The van der Waals surface area contributed by atoms with Crippen LogP contribution < -0.4 is 20.5 Å². The number of methoxy groups -OCH3 is 1. The van der Waals surface area contributed by atoms with Crippen molar-refractivity contribution in [1.29, 1.82) is 0 Å². The Morgan fingerprint density at radius 1 is 1.15 bits per heavy atom. The maximum atomic E-state index is 11.2. The number of carbonyl (C=O) groups is 1. The van der Waals surface area contributed by atoms with E-state index in [2.05, 4.69) is 15.3 Å². The van der Waals surface area contributed by atoms with Crippen LogP contribution in [0.1, 0.15) is 36.8 Å². The first-order chi connectivity index (χ1) is 16.5. The Bertz CT molecular complexity index is 1130. The second-order valence-corrected chi connectivity index (χ2v) is 8.46. The number of nitrogens with two attached hydrogens (primary N) is 1. The molecule has 3 aromatic rings. The van der Waals surface area contributed by atoms with Gasteiger partial charge < -0.3 is 25.6 Å². The number of aliphatic carboxylic acids is 1. The van der Waals surface area contributed by atoms with Crippen molar-refractivity contribution in [2.45, 2.75) is 50.8 Å². The molecule has 1 aliphatic rings. The van der Waals surface area contributed by atoms with Crippen LogP contribution >= 0.6 is 0 Å². The van der Waals surface area contributed by atoms with Gasteiger partial charge in [-0.05, 0) is 55.4 Å². The molecule has 0 spiro atoms. The molecule has 0 bridgehead atoms. The van der Waals surface area contributed by atoms with Crippen molar-refractivity contribution >= 4 is 11.8 Å². The van der Waals surface area contributed by atoms with Gasteiger partial charge in [-0.3, -0.25) is 4.79 Å². The predicted molar refractivity (Wildman–Crippen MR) is 130 cm³/mol. The number of aromatic nitrogens is 2. The summed E-state index contributed by atoms with van der Waals surface area (Å²) < 4.78 is 11.7. The van der Waals surface area contributed by atoms with Gasteiger partial charge in [0.1, 0.15) is 18.2 Å². The van der Waals surface area contributed by atoms with Gasteiger partial charge in [0.05, 0.1) is 18.9 Å². The standard InChI is InChI=1S/C26H30N4O4/c1-33-23-11-10-17(12-24(23)34-19-7-3-4-8-19)15-28-25-14-22(29-16-30-25)20-9-5-2-6-18(20)13-21(27)26(31)32/h2,5-6,9-12,14,16,19,21H,3-4,7-8,13,15,27H2,1H3,(H,31,32)(H,28,29,30)/t21-/m0/s1. The molecule has 1 saturated carbocycles. The average Bonchev–Trinajstić information content (AvgIpc) is 3.36. The van der Waals surface area contributed by atoms with Crippen molar-refractivity contribution in [3.05, 3.63) is 66.0 Å². The van der Waals surface area contributed by atoms with Crippen LogP contribution in [0.4, 0.5) is 5.82 Å². The van der Waals surface area contributed by atoms with Crippen LogP contribution in [0.25, 0.3) is 11.3 Å². The molecule has 0 radical (unpaired) electrons. The van der Waals surface area contributed by atoms with Gasteiger partial charge in [-0.1, -0.05) is 30.3 Å². The van der Waals surface area contributed by atoms with Gasteiger partial charge in [0.15, 0.2) is 11.5 Å². The zero-order chi connectivity index (χ0) is 23.9. The first-order valence-corrected chi connectivity index (χ1v) is 11.5. The van der Waals surface area contributed by atoms with E-state index < -0.39 is 12.0 Å². The van der Waals surface area contributed by atoms with E-state index in [9.17, 15) is 9.90 Å². The number of hydrogen-bond donors (Lipinski definition) is 3. The van der Waals surface area contributed by atoms with Crippen LogP contribution in [0.2, 0.25) is 0 Å². The lowest BCUT2D eigenvalue weighted by molar-refractivity contribution is -0.138. The fraction of sp³-hybridized carbons (Fsp3) is 0.346. The van der Waals surface area contributed by atoms with E-state index in [-0.39, 0.29) is 12.5 Å². The molecule has 1 fully saturated rings. The van der Waals surface area contributed by atoms with Crippen LogP contribution in [0.3, 0.4) is 0 Å². The van der Waals surface area contributed by atoms with E-state index in [0.717, 1.165) is 41.0 Å². The minimum absolute atomic E-state index is 0.216. The lowest BCUT2D eigenvalue weighted by atomic mass is 9.98. The highest BCUT2D eigenvalue weighted by Gasteiger charge is 2.19. The minimum Gasteiger partial charge on any atom is -0.493 e. The molecule has 0 saturated heterocycles. The van der Waals surface area contributed by atoms with Crippen molar-refractivity contribution in [3.8, 4) is 22.8 Å². The van der Waals surface area contributed by atoms with Crippen molar-refractivity contribution in [2.24, 2.45) is 5.73 Å². The summed E-state index contributed by atoms with van der Waals surface area (Å²) in [5, 5.41) is 12.5. The summed E-state index contributed by atoms with van der Waals surface area (Å²) in [6.07, 6.45) is 6.52. The number of carboxylic acid groups (broad SMARTS) is 1. The molecule has 1 aromatic heterocycles. The lowest BCUT2D eigenvalue weighted by Crippen LogP contribution is -2.32. The predicted octanol–water partition coefficient (Wildman–Crippen LogP) is 4.04. The normalized spacial score (nSPS) is 14.5. The van der Waals surface area contributed by atoms with Gasteiger partial charge >= 0.3 is 5.97 Å². The molecule has 0 amide bonds. The van der Waals surface area contributed by atoms with Crippen LogP contribution in [-0.2, 0) is 17.8 Å². The van der Waals surface area contributed by atoms with Crippen LogP contribution in [0.15, 0.2) is 54.9 Å². The van der Waals surface area contributed by atoms with E-state index in [4.69, 9.17) is 15.2 Å². The zero-order valence-electron chi connectivity index (χ0n) is 19.2. The Kier molecular flexibility index (Phi) is 7.59. The average molecular weight is 463 g/mol. The molecule has 4 rings (SSSR count). The number of benzene rings is 2. The third kappa shape index (κ3) is 5.82. The smallest absolute Gasteiger partial charge is 0.320 e. The summed E-state index contributed by atoms with van der Waals surface area (Å²) in [5.74, 6) is 1.13. The molecule has 8 heteroatoms. The van der Waals surface area contributed by atoms with Gasteiger partial charge in [-0.2, -0.15) is 0 Å². The highest BCUT2D eigenvalue weighted by atomic mass is 16.5. The van der Waals surface area contributed by atoms with Gasteiger partial charge in [0.2, 0.25) is 0 Å². The van der Waals surface area contributed by atoms with Gasteiger partial charge in [-0.25, -0.2) is 9.97 Å². The molecule has 0 aliphatic heterocycles. The number of nitrogens with one attached hydrogen (secondary N) is 1. The largest absolute Gasteiger partial charge is 0.493 e. The third-order valence-corrected chi connectivity index (χ3v) is 6.01. The van der Waals surface area contributed by atoms with Crippen molar-refractivity contribution in [1.82, 2.24) is 9.97 Å². The second-order valence-electron chi connectivity index (χ2n) is 8.46. The summed E-state index contributed by atoms with van der Waals surface area (Å²) in [6.45, 7) is 0.549. The molecule has 178 valence electrons. The van der Waals surface area contributed by atoms with Gasteiger partial charge in [-0.15, -0.1) is 0 Å². The number of nitrogens with zero attached hydrogens (tertiary/aromatic N) is 2. The fourth-order valence-corrected chi connectivity index (χ4v) is 4.18. The summed E-state index contributed by atoms with van der Waals surface area (Å²) in [7, 11) is 1.65. The first-order valence-electron chi connectivity index (χ1n) is 11.5. The summed E-state index contributed by atoms with van der Waals surface area (Å²) in [5.41, 5.74) is 9.16. The third-order valence-electron chi connectivity index (χ3n) is 6.01. The Morgan fingerprint density at radius 3 is 2.71 bits per heavy atom. The number of rotatable bonds is 10. The van der Waals surface area contributed by atoms with E-state index in [1.54, 1.807) is 7.11 Å². The van der Waals surface area contributed by atoms with Crippen LogP contribution in [0.5, 0.6) is 11.5 Å². The molecular weight excluding hydrogens is 432 g/mol. The molecule has 8 nitrogen and oxygen atoms in total. The molecule has 1 atom stereocenters. The Balaban J connectivity index is 1.48. The quantitative estimate of drug-likeness (QED) is 0.413. The molecule has 4 N–H and O–H groups in total. The highest BCUT2D eigenvalue weighted by Crippen LogP contribution is 2.32. The molecule has 1 aliphatic carbocycles. The first kappa shape index (κ1) is 23.5. The van der Waals surface area contributed by atoms with Crippen molar-refractivity contribution < 1.29 is 19.4 Å². The number of hydrogen-bond acceptors (Lipinski definition) is 7. The SMILES string of the molecule is COc1ccc(CNc2cc(-c3ccccc3C[C@H](N)C(=O)O)ncn2)cc1OC1CCCC1. The molecular formula is C26H30N4O4. The Hall–Kier alpha value is -3.65. The fourth-order valence-electron chi connectivity index (χ4n) is 4.18. The molecule has 0 unspecified atom stereocenters. The van der Waals surface area contributed by atoms with E-state index in [1.807, 2.05) is 48.5 Å². The van der Waals surface area contributed by atoms with Crippen LogP contribution in [-0.4, -0.2) is 40.3 Å². The second kappa shape index (κ2) is 11.0.